The number of carbonyl (C=O) groups excluding carboxylic acids is 1. The van der Waals surface area contributed by atoms with Crippen molar-refractivity contribution in [1.29, 1.82) is 0 Å². The number of thiophene rings is 1. The maximum atomic E-state index is 11.3. The van der Waals surface area contributed by atoms with E-state index < -0.39 is 11.9 Å². The number of nitrogens with two attached hydrogens (primary N) is 1. The Labute approximate surface area is 128 Å². The van der Waals surface area contributed by atoms with Crippen molar-refractivity contribution in [3.8, 4) is 0 Å². The minimum Gasteiger partial charge on any atom is -0.368 e. The van der Waals surface area contributed by atoms with Gasteiger partial charge in [-0.3, -0.25) is 4.79 Å². The van der Waals surface area contributed by atoms with Gasteiger partial charge in [0, 0.05) is 11.4 Å². The lowest BCUT2D eigenvalue weighted by Crippen LogP contribution is -2.32. The van der Waals surface area contributed by atoms with Crippen molar-refractivity contribution in [2.24, 2.45) is 5.73 Å². The Hall–Kier alpha value is -1.89. The second kappa shape index (κ2) is 6.71. The fourth-order valence-electron chi connectivity index (χ4n) is 1.85. The molecule has 0 saturated carbocycles. The third kappa shape index (κ3) is 3.60. The molecule has 0 aliphatic rings. The first-order valence-corrected chi connectivity index (χ1v) is 7.97. The quantitative estimate of drug-likeness (QED) is 0.730. The van der Waals surface area contributed by atoms with Crippen LogP contribution in [-0.4, -0.2) is 28.5 Å². The smallest absolute Gasteiger partial charge is 0.239 e. The zero-order valence-electron chi connectivity index (χ0n) is 12.6. The van der Waals surface area contributed by atoms with E-state index in [-0.39, 0.29) is 0 Å². The number of nitrogens with one attached hydrogen (secondary N) is 2. The van der Waals surface area contributed by atoms with Crippen LogP contribution in [0.2, 0.25) is 0 Å². The standard InChI is InChI=1S/C14H21N5OS/c1-4-6-16-14-18-12(17-8(3)11(15)20)10-7-9(5-2)21-13(10)19-14/h7-8H,4-6H2,1-3H3,(H2,15,20)(H2,16,17,18,19). The predicted molar refractivity (Wildman–Crippen MR) is 87.9 cm³/mol. The van der Waals surface area contributed by atoms with Gasteiger partial charge in [0.05, 0.1) is 5.39 Å². The summed E-state index contributed by atoms with van der Waals surface area (Å²) < 4.78 is 0. The van der Waals surface area contributed by atoms with E-state index in [2.05, 4.69) is 40.5 Å². The molecule has 114 valence electrons. The molecule has 0 aliphatic carbocycles. The second-order valence-electron chi connectivity index (χ2n) is 4.88. The van der Waals surface area contributed by atoms with Crippen molar-refractivity contribution in [3.63, 3.8) is 0 Å². The number of hydrogen-bond donors (Lipinski definition) is 3. The average Bonchev–Trinajstić information content (AvgIpc) is 2.88. The Morgan fingerprint density at radius 3 is 2.81 bits per heavy atom. The molecule has 2 rings (SSSR count). The van der Waals surface area contributed by atoms with E-state index in [1.165, 1.54) is 4.88 Å². The average molecular weight is 307 g/mol. The van der Waals surface area contributed by atoms with Crippen LogP contribution in [0.15, 0.2) is 6.07 Å². The van der Waals surface area contributed by atoms with Crippen molar-refractivity contribution in [3.05, 3.63) is 10.9 Å². The van der Waals surface area contributed by atoms with Gasteiger partial charge >= 0.3 is 0 Å². The summed E-state index contributed by atoms with van der Waals surface area (Å²) in [6.07, 6.45) is 1.94. The number of fused-ring (bicyclic) bond motifs is 1. The second-order valence-corrected chi connectivity index (χ2v) is 5.99. The summed E-state index contributed by atoms with van der Waals surface area (Å²) in [6.45, 7) is 6.72. The molecule has 2 aromatic heterocycles. The van der Waals surface area contributed by atoms with Crippen LogP contribution in [-0.2, 0) is 11.2 Å². The Morgan fingerprint density at radius 1 is 1.43 bits per heavy atom. The molecule has 2 heterocycles. The highest BCUT2D eigenvalue weighted by atomic mass is 32.1. The van der Waals surface area contributed by atoms with Gasteiger partial charge in [-0.1, -0.05) is 13.8 Å². The maximum Gasteiger partial charge on any atom is 0.239 e. The number of carbonyl (C=O) groups is 1. The number of rotatable bonds is 7. The molecule has 0 spiro atoms. The van der Waals surface area contributed by atoms with Crippen LogP contribution >= 0.6 is 11.3 Å². The summed E-state index contributed by atoms with van der Waals surface area (Å²) in [5, 5.41) is 7.20. The van der Waals surface area contributed by atoms with Crippen LogP contribution in [0.25, 0.3) is 10.2 Å². The molecule has 0 saturated heterocycles. The lowest BCUT2D eigenvalue weighted by molar-refractivity contribution is -0.118. The normalized spacial score (nSPS) is 12.3. The molecule has 2 aromatic rings. The van der Waals surface area contributed by atoms with Gasteiger partial charge in [-0.2, -0.15) is 4.98 Å². The fourth-order valence-corrected chi connectivity index (χ4v) is 2.81. The Balaban J connectivity index is 2.42. The Kier molecular flexibility index (Phi) is 4.95. The van der Waals surface area contributed by atoms with Gasteiger partial charge in [0.25, 0.3) is 0 Å². The van der Waals surface area contributed by atoms with Crippen LogP contribution in [0.3, 0.4) is 0 Å². The van der Waals surface area contributed by atoms with E-state index in [1.54, 1.807) is 18.3 Å². The van der Waals surface area contributed by atoms with Gasteiger partial charge in [0.2, 0.25) is 11.9 Å². The van der Waals surface area contributed by atoms with E-state index in [9.17, 15) is 4.79 Å². The summed E-state index contributed by atoms with van der Waals surface area (Å²) in [6, 6.07) is 1.59. The van der Waals surface area contributed by atoms with Gasteiger partial charge in [0.15, 0.2) is 0 Å². The van der Waals surface area contributed by atoms with Crippen LogP contribution < -0.4 is 16.4 Å². The summed E-state index contributed by atoms with van der Waals surface area (Å²) in [4.78, 5) is 22.4. The summed E-state index contributed by atoms with van der Waals surface area (Å²) in [5.41, 5.74) is 5.32. The van der Waals surface area contributed by atoms with Crippen molar-refractivity contribution in [2.45, 2.75) is 39.7 Å². The van der Waals surface area contributed by atoms with Gasteiger partial charge in [-0.15, -0.1) is 11.3 Å². The van der Waals surface area contributed by atoms with Crippen LogP contribution in [0.4, 0.5) is 11.8 Å². The van der Waals surface area contributed by atoms with E-state index in [0.717, 1.165) is 29.6 Å². The molecular formula is C14H21N5OS. The Bertz CT molecular complexity index is 640. The first-order chi connectivity index (χ1) is 10.0. The number of aryl methyl sites for hydroxylation is 1. The first-order valence-electron chi connectivity index (χ1n) is 7.15. The van der Waals surface area contributed by atoms with E-state index in [4.69, 9.17) is 5.73 Å². The van der Waals surface area contributed by atoms with Crippen molar-refractivity contribution >= 4 is 39.2 Å². The number of aromatic nitrogens is 2. The third-order valence-corrected chi connectivity index (χ3v) is 4.28. The van der Waals surface area contributed by atoms with Gasteiger partial charge in [-0.25, -0.2) is 4.98 Å². The van der Waals surface area contributed by atoms with E-state index in [0.29, 0.717) is 11.8 Å². The number of nitrogens with zero attached hydrogens (tertiary/aromatic N) is 2. The highest BCUT2D eigenvalue weighted by Gasteiger charge is 2.15. The molecule has 1 unspecified atom stereocenters. The zero-order chi connectivity index (χ0) is 15.4. The molecule has 4 N–H and O–H groups in total. The minimum absolute atomic E-state index is 0.407. The lowest BCUT2D eigenvalue weighted by atomic mass is 10.2. The monoisotopic (exact) mass is 307 g/mol. The summed E-state index contributed by atoms with van der Waals surface area (Å²) >= 11 is 1.65. The highest BCUT2D eigenvalue weighted by molar-refractivity contribution is 7.18. The Morgan fingerprint density at radius 2 is 2.19 bits per heavy atom. The van der Waals surface area contributed by atoms with Crippen molar-refractivity contribution < 1.29 is 4.79 Å². The summed E-state index contributed by atoms with van der Waals surface area (Å²) in [7, 11) is 0. The van der Waals surface area contributed by atoms with Gasteiger partial charge in [-0.05, 0) is 25.8 Å². The molecular weight excluding hydrogens is 286 g/mol. The third-order valence-electron chi connectivity index (χ3n) is 3.11. The molecule has 0 fully saturated rings. The molecule has 0 aromatic carbocycles. The molecule has 0 bridgehead atoms. The van der Waals surface area contributed by atoms with Crippen LogP contribution in [0.1, 0.15) is 32.1 Å². The van der Waals surface area contributed by atoms with Crippen molar-refractivity contribution in [2.75, 3.05) is 17.2 Å². The number of amides is 1. The topological polar surface area (TPSA) is 92.9 Å². The fraction of sp³-hybridized carbons (Fsp3) is 0.500. The molecule has 7 heteroatoms. The highest BCUT2D eigenvalue weighted by Crippen LogP contribution is 2.30. The SMILES string of the molecule is CCCNc1nc(NC(C)C(N)=O)c2cc(CC)sc2n1. The van der Waals surface area contributed by atoms with Gasteiger partial charge < -0.3 is 16.4 Å². The molecule has 0 radical (unpaired) electrons. The van der Waals surface area contributed by atoms with Gasteiger partial charge in [0.1, 0.15) is 16.7 Å². The number of hydrogen-bond acceptors (Lipinski definition) is 6. The van der Waals surface area contributed by atoms with E-state index in [1.807, 2.05) is 0 Å². The number of anilines is 2. The molecule has 1 atom stereocenters. The largest absolute Gasteiger partial charge is 0.368 e. The van der Waals surface area contributed by atoms with Crippen molar-refractivity contribution in [1.82, 2.24) is 9.97 Å². The first kappa shape index (κ1) is 15.5. The van der Waals surface area contributed by atoms with Crippen LogP contribution in [0, 0.1) is 0 Å². The van der Waals surface area contributed by atoms with E-state index >= 15 is 0 Å². The molecule has 0 aliphatic heterocycles. The predicted octanol–water partition coefficient (Wildman–Crippen LogP) is 2.36. The maximum absolute atomic E-state index is 11.3. The lowest BCUT2D eigenvalue weighted by Gasteiger charge is -2.13. The molecule has 21 heavy (non-hydrogen) atoms. The molecule has 6 nitrogen and oxygen atoms in total. The molecule has 1 amide bonds. The van der Waals surface area contributed by atoms with Crippen LogP contribution in [0.5, 0.6) is 0 Å². The zero-order valence-corrected chi connectivity index (χ0v) is 13.4. The number of primary amides is 1. The minimum atomic E-state index is -0.480. The summed E-state index contributed by atoms with van der Waals surface area (Å²) in [5.74, 6) is 0.824.